The molecule has 0 aliphatic rings. The Morgan fingerprint density at radius 1 is 0.586 bits per heavy atom. The third kappa shape index (κ3) is 4.88. The number of aryl methyl sites for hydroxylation is 3. The van der Waals surface area contributed by atoms with E-state index in [0.717, 1.165) is 11.1 Å². The van der Waals surface area contributed by atoms with Crippen molar-refractivity contribution in [3.8, 4) is 11.5 Å². The molecule has 6 heteroatoms. The summed E-state index contributed by atoms with van der Waals surface area (Å²) in [5, 5.41) is 0. The third-order valence-electron chi connectivity index (χ3n) is 4.41. The molecule has 0 radical (unpaired) electrons. The van der Waals surface area contributed by atoms with E-state index in [-0.39, 0.29) is 28.2 Å². The molecule has 0 saturated carbocycles. The summed E-state index contributed by atoms with van der Waals surface area (Å²) in [7, 11) is 0. The molecular formula is C23H20F4O2. The van der Waals surface area contributed by atoms with Crippen molar-refractivity contribution in [3.63, 3.8) is 0 Å². The molecule has 0 heterocycles. The van der Waals surface area contributed by atoms with E-state index >= 15 is 0 Å². The first-order valence-electron chi connectivity index (χ1n) is 8.95. The number of ether oxygens (including phenoxy) is 2. The summed E-state index contributed by atoms with van der Waals surface area (Å²) in [4.78, 5) is 0. The number of halogens is 4. The molecule has 0 N–H and O–H groups in total. The quantitative estimate of drug-likeness (QED) is 0.418. The minimum absolute atomic E-state index is 0.124. The van der Waals surface area contributed by atoms with Crippen molar-refractivity contribution in [3.05, 3.63) is 94.5 Å². The Hall–Kier alpha value is -3.02. The van der Waals surface area contributed by atoms with Gasteiger partial charge in [0.05, 0.1) is 11.1 Å². The number of hydrogen-bond acceptors (Lipinski definition) is 2. The molecule has 29 heavy (non-hydrogen) atoms. The Bertz CT molecular complexity index is 981. The lowest BCUT2D eigenvalue weighted by atomic mass is 10.1. The molecule has 0 amide bonds. The standard InChI is InChI=1S/C23H20F4O2/c1-15-4-8-18(9-5-15)22(24,25)28-20-12-13-21(17(3)14-20)29-23(26,27)19-10-6-16(2)7-11-19/h4-14H,1-3H3. The van der Waals surface area contributed by atoms with Gasteiger partial charge in [-0.2, -0.15) is 17.6 Å². The van der Waals surface area contributed by atoms with Crippen LogP contribution in [-0.4, -0.2) is 0 Å². The van der Waals surface area contributed by atoms with Crippen molar-refractivity contribution in [1.29, 1.82) is 0 Å². The van der Waals surface area contributed by atoms with Crippen molar-refractivity contribution in [2.24, 2.45) is 0 Å². The monoisotopic (exact) mass is 404 g/mol. The minimum Gasteiger partial charge on any atom is -0.429 e. The van der Waals surface area contributed by atoms with Gasteiger partial charge in [-0.1, -0.05) is 35.4 Å². The molecule has 3 aromatic carbocycles. The smallest absolute Gasteiger partial charge is 0.426 e. The Morgan fingerprint density at radius 3 is 1.48 bits per heavy atom. The second kappa shape index (κ2) is 7.78. The summed E-state index contributed by atoms with van der Waals surface area (Å²) < 4.78 is 67.2. The zero-order valence-electron chi connectivity index (χ0n) is 16.2. The Labute approximate surface area is 166 Å². The topological polar surface area (TPSA) is 18.5 Å². The third-order valence-corrected chi connectivity index (χ3v) is 4.41. The zero-order valence-corrected chi connectivity index (χ0v) is 16.2. The van der Waals surface area contributed by atoms with Crippen LogP contribution in [0.1, 0.15) is 27.8 Å². The highest BCUT2D eigenvalue weighted by Gasteiger charge is 2.36. The average molecular weight is 404 g/mol. The maximum Gasteiger partial charge on any atom is 0.426 e. The van der Waals surface area contributed by atoms with Crippen LogP contribution < -0.4 is 9.47 Å². The SMILES string of the molecule is Cc1ccc(C(F)(F)Oc2ccc(OC(F)(F)c3ccc(C)cc3)c(C)c2)cc1. The van der Waals surface area contributed by atoms with E-state index in [4.69, 9.17) is 9.47 Å². The van der Waals surface area contributed by atoms with Gasteiger partial charge in [-0.05, 0) is 68.8 Å². The van der Waals surface area contributed by atoms with Crippen LogP contribution in [0.15, 0.2) is 66.7 Å². The van der Waals surface area contributed by atoms with E-state index in [1.165, 1.54) is 49.4 Å². The zero-order chi connectivity index (χ0) is 21.2. The highest BCUT2D eigenvalue weighted by Crippen LogP contribution is 2.37. The van der Waals surface area contributed by atoms with Crippen molar-refractivity contribution >= 4 is 0 Å². The minimum atomic E-state index is -3.56. The fourth-order valence-corrected chi connectivity index (χ4v) is 2.70. The summed E-state index contributed by atoms with van der Waals surface area (Å²) >= 11 is 0. The second-order valence-corrected chi connectivity index (χ2v) is 6.90. The van der Waals surface area contributed by atoms with Gasteiger partial charge < -0.3 is 9.47 Å². The lowest BCUT2D eigenvalue weighted by Crippen LogP contribution is -2.23. The predicted octanol–water partition coefficient (Wildman–Crippen LogP) is 6.87. The average Bonchev–Trinajstić information content (AvgIpc) is 2.64. The van der Waals surface area contributed by atoms with Crippen LogP contribution in [-0.2, 0) is 12.2 Å². The summed E-state index contributed by atoms with van der Waals surface area (Å²) in [5.41, 5.74) is 1.34. The van der Waals surface area contributed by atoms with Crippen LogP contribution in [0.4, 0.5) is 17.6 Å². The first kappa shape index (κ1) is 20.7. The molecule has 0 aliphatic carbocycles. The fraction of sp³-hybridized carbons (Fsp3) is 0.217. The van der Waals surface area contributed by atoms with E-state index in [0.29, 0.717) is 0 Å². The van der Waals surface area contributed by atoms with Gasteiger partial charge in [0.2, 0.25) is 0 Å². The van der Waals surface area contributed by atoms with Gasteiger partial charge in [0.25, 0.3) is 0 Å². The number of benzene rings is 3. The molecule has 0 bridgehead atoms. The molecule has 0 spiro atoms. The molecule has 2 nitrogen and oxygen atoms in total. The Morgan fingerprint density at radius 2 is 1.03 bits per heavy atom. The molecule has 0 fully saturated rings. The van der Waals surface area contributed by atoms with Crippen molar-refractivity contribution in [2.45, 2.75) is 33.0 Å². The summed E-state index contributed by atoms with van der Waals surface area (Å²) in [6.45, 7) is 5.06. The maximum atomic E-state index is 14.4. The fourth-order valence-electron chi connectivity index (χ4n) is 2.70. The van der Waals surface area contributed by atoms with Crippen LogP contribution in [0, 0.1) is 20.8 Å². The van der Waals surface area contributed by atoms with E-state index in [2.05, 4.69) is 0 Å². The first-order valence-corrected chi connectivity index (χ1v) is 8.95. The molecular weight excluding hydrogens is 384 g/mol. The predicted molar refractivity (Wildman–Crippen MR) is 103 cm³/mol. The van der Waals surface area contributed by atoms with Crippen LogP contribution in [0.2, 0.25) is 0 Å². The van der Waals surface area contributed by atoms with Crippen LogP contribution in [0.25, 0.3) is 0 Å². The van der Waals surface area contributed by atoms with Gasteiger partial charge in [0.1, 0.15) is 11.5 Å². The van der Waals surface area contributed by atoms with Crippen molar-refractivity contribution < 1.29 is 27.0 Å². The summed E-state index contributed by atoms with van der Waals surface area (Å²) in [6, 6.07) is 15.0. The highest BCUT2D eigenvalue weighted by atomic mass is 19.3. The summed E-state index contributed by atoms with van der Waals surface area (Å²) in [5.74, 6) is -0.277. The van der Waals surface area contributed by atoms with Crippen LogP contribution >= 0.6 is 0 Å². The van der Waals surface area contributed by atoms with Gasteiger partial charge in [-0.25, -0.2) is 0 Å². The molecule has 152 valence electrons. The first-order chi connectivity index (χ1) is 13.6. The van der Waals surface area contributed by atoms with Gasteiger partial charge in [-0.3, -0.25) is 0 Å². The molecule has 0 unspecified atom stereocenters. The van der Waals surface area contributed by atoms with Gasteiger partial charge in [0, 0.05) is 0 Å². The van der Waals surface area contributed by atoms with E-state index < -0.39 is 12.2 Å². The molecule has 0 saturated heterocycles. The molecule has 0 aromatic heterocycles. The lowest BCUT2D eigenvalue weighted by molar-refractivity contribution is -0.188. The van der Waals surface area contributed by atoms with Gasteiger partial charge in [-0.15, -0.1) is 0 Å². The molecule has 3 aromatic rings. The van der Waals surface area contributed by atoms with Gasteiger partial charge in [0.15, 0.2) is 0 Å². The number of hydrogen-bond donors (Lipinski definition) is 0. The summed E-state index contributed by atoms with van der Waals surface area (Å²) in [6.07, 6.45) is -7.12. The van der Waals surface area contributed by atoms with Crippen molar-refractivity contribution in [1.82, 2.24) is 0 Å². The van der Waals surface area contributed by atoms with Crippen molar-refractivity contribution in [2.75, 3.05) is 0 Å². The molecule has 0 atom stereocenters. The lowest BCUT2D eigenvalue weighted by Gasteiger charge is -2.21. The Balaban J connectivity index is 1.77. The largest absolute Gasteiger partial charge is 0.429 e. The van der Waals surface area contributed by atoms with Gasteiger partial charge >= 0.3 is 12.2 Å². The molecule has 3 rings (SSSR count). The van der Waals surface area contributed by atoms with Crippen LogP contribution in [0.3, 0.4) is 0 Å². The van der Waals surface area contributed by atoms with E-state index in [9.17, 15) is 17.6 Å². The van der Waals surface area contributed by atoms with E-state index in [1.807, 2.05) is 0 Å². The number of rotatable bonds is 6. The number of alkyl halides is 4. The normalized spacial score (nSPS) is 12.0. The maximum absolute atomic E-state index is 14.4. The highest BCUT2D eigenvalue weighted by molar-refractivity contribution is 5.40. The molecule has 0 aliphatic heterocycles. The van der Waals surface area contributed by atoms with Crippen LogP contribution in [0.5, 0.6) is 11.5 Å². The van der Waals surface area contributed by atoms with E-state index in [1.54, 1.807) is 38.1 Å². The second-order valence-electron chi connectivity index (χ2n) is 6.90. The Kier molecular flexibility index (Phi) is 5.55.